The first-order chi connectivity index (χ1) is 8.61. The normalized spacial score (nSPS) is 19.2. The predicted octanol–water partition coefficient (Wildman–Crippen LogP) is 1.57. The Labute approximate surface area is 107 Å². The van der Waals surface area contributed by atoms with Gasteiger partial charge in [-0.1, -0.05) is 6.07 Å². The Kier molecular flexibility index (Phi) is 3.87. The Morgan fingerprint density at radius 3 is 3.11 bits per heavy atom. The lowest BCUT2D eigenvalue weighted by Gasteiger charge is -2.15. The minimum Gasteiger partial charge on any atom is -0.481 e. The Balaban J connectivity index is 2.05. The molecule has 1 aromatic rings. The zero-order valence-electron chi connectivity index (χ0n) is 10.8. The van der Waals surface area contributed by atoms with Gasteiger partial charge < -0.3 is 15.2 Å². The van der Waals surface area contributed by atoms with Crippen LogP contribution in [-0.4, -0.2) is 23.7 Å². The number of hydrogen-bond donors (Lipinski definition) is 2. The average molecular weight is 249 g/mol. The van der Waals surface area contributed by atoms with E-state index in [0.717, 1.165) is 24.0 Å². The molecule has 0 spiro atoms. The van der Waals surface area contributed by atoms with Crippen molar-refractivity contribution in [2.45, 2.75) is 38.9 Å². The molecule has 1 unspecified atom stereocenters. The molecule has 1 aliphatic rings. The topological polar surface area (TPSA) is 58.6 Å². The molecule has 0 bridgehead atoms. The SMILES string of the molecule is CCNC(=O)C(C)Oc1ccc2c(c1)CC[C@@H]2O. The van der Waals surface area contributed by atoms with E-state index in [1.54, 1.807) is 6.92 Å². The molecule has 0 aromatic heterocycles. The van der Waals surface area contributed by atoms with Gasteiger partial charge in [-0.25, -0.2) is 0 Å². The van der Waals surface area contributed by atoms with Gasteiger partial charge >= 0.3 is 0 Å². The van der Waals surface area contributed by atoms with Gasteiger partial charge in [0, 0.05) is 6.54 Å². The fourth-order valence-corrected chi connectivity index (χ4v) is 2.22. The third kappa shape index (κ3) is 2.64. The quantitative estimate of drug-likeness (QED) is 0.851. The number of likely N-dealkylation sites (N-methyl/N-ethyl adjacent to an activating group) is 1. The summed E-state index contributed by atoms with van der Waals surface area (Å²) in [7, 11) is 0. The Hall–Kier alpha value is -1.55. The summed E-state index contributed by atoms with van der Waals surface area (Å²) in [4.78, 5) is 11.6. The summed E-state index contributed by atoms with van der Waals surface area (Å²) < 4.78 is 5.60. The molecule has 2 N–H and O–H groups in total. The van der Waals surface area contributed by atoms with Gasteiger partial charge in [-0.2, -0.15) is 0 Å². The van der Waals surface area contributed by atoms with Gasteiger partial charge in [-0.05, 0) is 49.9 Å². The van der Waals surface area contributed by atoms with E-state index < -0.39 is 6.10 Å². The first-order valence-electron chi connectivity index (χ1n) is 6.37. The number of rotatable bonds is 4. The number of aliphatic hydroxyl groups is 1. The van der Waals surface area contributed by atoms with E-state index in [1.165, 1.54) is 0 Å². The lowest BCUT2D eigenvalue weighted by Crippen LogP contribution is -2.36. The van der Waals surface area contributed by atoms with E-state index in [1.807, 2.05) is 25.1 Å². The molecule has 0 heterocycles. The zero-order valence-corrected chi connectivity index (χ0v) is 10.8. The van der Waals surface area contributed by atoms with Crippen LogP contribution in [0.2, 0.25) is 0 Å². The third-order valence-corrected chi connectivity index (χ3v) is 3.19. The van der Waals surface area contributed by atoms with Crippen LogP contribution in [0.3, 0.4) is 0 Å². The van der Waals surface area contributed by atoms with Crippen LogP contribution in [0.15, 0.2) is 18.2 Å². The van der Waals surface area contributed by atoms with E-state index in [0.29, 0.717) is 12.3 Å². The van der Waals surface area contributed by atoms with Crippen LogP contribution in [0.4, 0.5) is 0 Å². The van der Waals surface area contributed by atoms with Crippen LogP contribution in [0.1, 0.15) is 37.5 Å². The third-order valence-electron chi connectivity index (χ3n) is 3.19. The molecule has 0 radical (unpaired) electrons. The number of amides is 1. The van der Waals surface area contributed by atoms with Crippen molar-refractivity contribution in [1.29, 1.82) is 0 Å². The van der Waals surface area contributed by atoms with E-state index in [4.69, 9.17) is 4.74 Å². The van der Waals surface area contributed by atoms with Crippen LogP contribution in [-0.2, 0) is 11.2 Å². The molecule has 98 valence electrons. The lowest BCUT2D eigenvalue weighted by atomic mass is 10.1. The monoisotopic (exact) mass is 249 g/mol. The summed E-state index contributed by atoms with van der Waals surface area (Å²) in [5.74, 6) is 0.569. The van der Waals surface area contributed by atoms with E-state index in [2.05, 4.69) is 5.32 Å². The first-order valence-corrected chi connectivity index (χ1v) is 6.37. The predicted molar refractivity (Wildman–Crippen MR) is 68.5 cm³/mol. The van der Waals surface area contributed by atoms with E-state index >= 15 is 0 Å². The van der Waals surface area contributed by atoms with E-state index in [-0.39, 0.29) is 12.0 Å². The maximum atomic E-state index is 11.6. The number of carbonyl (C=O) groups is 1. The highest BCUT2D eigenvalue weighted by Gasteiger charge is 2.21. The highest BCUT2D eigenvalue weighted by Crippen LogP contribution is 2.33. The molecule has 1 aromatic carbocycles. The molecule has 2 rings (SSSR count). The van der Waals surface area contributed by atoms with Gasteiger partial charge in [0.15, 0.2) is 6.10 Å². The number of benzene rings is 1. The molecule has 0 fully saturated rings. The van der Waals surface area contributed by atoms with Crippen LogP contribution in [0, 0.1) is 0 Å². The minimum atomic E-state index is -0.505. The van der Waals surface area contributed by atoms with Gasteiger partial charge in [-0.3, -0.25) is 4.79 Å². The lowest BCUT2D eigenvalue weighted by molar-refractivity contribution is -0.127. The largest absolute Gasteiger partial charge is 0.481 e. The molecule has 0 saturated heterocycles. The van der Waals surface area contributed by atoms with Crippen molar-refractivity contribution in [2.24, 2.45) is 0 Å². The second-order valence-electron chi connectivity index (χ2n) is 4.57. The van der Waals surface area contributed by atoms with Crippen molar-refractivity contribution in [2.75, 3.05) is 6.54 Å². The van der Waals surface area contributed by atoms with Gasteiger partial charge in [-0.15, -0.1) is 0 Å². The van der Waals surface area contributed by atoms with Crippen molar-refractivity contribution in [3.05, 3.63) is 29.3 Å². The van der Waals surface area contributed by atoms with Gasteiger partial charge in [0.1, 0.15) is 5.75 Å². The second-order valence-corrected chi connectivity index (χ2v) is 4.57. The molecule has 0 saturated carbocycles. The maximum absolute atomic E-state index is 11.6. The molecule has 18 heavy (non-hydrogen) atoms. The van der Waals surface area contributed by atoms with Gasteiger partial charge in [0.2, 0.25) is 0 Å². The number of aryl methyl sites for hydroxylation is 1. The standard InChI is InChI=1S/C14H19NO3/c1-3-15-14(17)9(2)18-11-5-6-12-10(8-11)4-7-13(12)16/h5-6,8-9,13,16H,3-4,7H2,1-2H3,(H,15,17)/t9?,13-/m0/s1. The summed E-state index contributed by atoms with van der Waals surface area (Å²) in [5.41, 5.74) is 2.09. The fraction of sp³-hybridized carbons (Fsp3) is 0.500. The molecule has 1 aliphatic carbocycles. The Morgan fingerprint density at radius 2 is 2.39 bits per heavy atom. The molecule has 1 amide bonds. The van der Waals surface area contributed by atoms with Crippen molar-refractivity contribution < 1.29 is 14.6 Å². The number of carbonyl (C=O) groups excluding carboxylic acids is 1. The molecule has 0 aliphatic heterocycles. The number of ether oxygens (including phenoxy) is 1. The summed E-state index contributed by atoms with van der Waals surface area (Å²) >= 11 is 0. The molecule has 2 atom stereocenters. The van der Waals surface area contributed by atoms with Gasteiger partial charge in [0.25, 0.3) is 5.91 Å². The van der Waals surface area contributed by atoms with Crippen molar-refractivity contribution in [3.8, 4) is 5.75 Å². The highest BCUT2D eigenvalue weighted by atomic mass is 16.5. The summed E-state index contributed by atoms with van der Waals surface area (Å²) in [6.07, 6.45) is 0.776. The number of nitrogens with one attached hydrogen (secondary N) is 1. The minimum absolute atomic E-state index is 0.113. The van der Waals surface area contributed by atoms with Crippen LogP contribution in [0.5, 0.6) is 5.75 Å². The molecule has 4 heteroatoms. The Bertz CT molecular complexity index is 445. The zero-order chi connectivity index (χ0) is 13.1. The van der Waals surface area contributed by atoms with Crippen LogP contribution >= 0.6 is 0 Å². The van der Waals surface area contributed by atoms with Crippen molar-refractivity contribution >= 4 is 5.91 Å². The number of hydrogen-bond acceptors (Lipinski definition) is 3. The number of aliphatic hydroxyl groups excluding tert-OH is 1. The van der Waals surface area contributed by atoms with Crippen LogP contribution < -0.4 is 10.1 Å². The van der Waals surface area contributed by atoms with Crippen molar-refractivity contribution in [1.82, 2.24) is 5.32 Å². The van der Waals surface area contributed by atoms with E-state index in [9.17, 15) is 9.90 Å². The van der Waals surface area contributed by atoms with Gasteiger partial charge in [0.05, 0.1) is 6.10 Å². The number of fused-ring (bicyclic) bond motifs is 1. The Morgan fingerprint density at radius 1 is 1.61 bits per heavy atom. The first kappa shape index (κ1) is 12.9. The summed E-state index contributed by atoms with van der Waals surface area (Å²) in [6.45, 7) is 4.21. The average Bonchev–Trinajstić information content (AvgIpc) is 2.71. The highest BCUT2D eigenvalue weighted by molar-refractivity contribution is 5.80. The second kappa shape index (κ2) is 5.40. The molecule has 4 nitrogen and oxygen atoms in total. The van der Waals surface area contributed by atoms with Crippen molar-refractivity contribution in [3.63, 3.8) is 0 Å². The summed E-state index contributed by atoms with van der Waals surface area (Å²) in [5, 5.41) is 12.4. The smallest absolute Gasteiger partial charge is 0.260 e. The molecular weight excluding hydrogens is 230 g/mol. The van der Waals surface area contributed by atoms with Crippen LogP contribution in [0.25, 0.3) is 0 Å². The maximum Gasteiger partial charge on any atom is 0.260 e. The molecular formula is C14H19NO3. The summed E-state index contributed by atoms with van der Waals surface area (Å²) in [6, 6.07) is 5.61. The fourth-order valence-electron chi connectivity index (χ4n) is 2.22.